The third kappa shape index (κ3) is 4.50. The van der Waals surface area contributed by atoms with Gasteiger partial charge in [-0.2, -0.15) is 0 Å². The number of carboxylic acid groups (broad SMARTS) is 1. The van der Waals surface area contributed by atoms with Crippen LogP contribution >= 0.6 is 0 Å². The number of carbonyl (C=O) groups is 2. The molecule has 2 aromatic rings. The highest BCUT2D eigenvalue weighted by Gasteiger charge is 2.15. The van der Waals surface area contributed by atoms with Crippen LogP contribution in [0.1, 0.15) is 36.7 Å². The number of rotatable bonds is 2. The van der Waals surface area contributed by atoms with Gasteiger partial charge < -0.3 is 15.2 Å². The van der Waals surface area contributed by atoms with Crippen LogP contribution in [-0.2, 0) is 4.74 Å². The fourth-order valence-electron chi connectivity index (χ4n) is 2.18. The number of aromatic carboxylic acids is 1. The molecule has 0 bridgehead atoms. The number of carboxylic acids is 1. The van der Waals surface area contributed by atoms with Gasteiger partial charge >= 0.3 is 12.1 Å². The van der Waals surface area contributed by atoms with Gasteiger partial charge in [0.2, 0.25) is 0 Å². The predicted octanol–water partition coefficient (Wildman–Crippen LogP) is 3.41. The SMILES string of the molecule is CC(C)(C)OC(=O)NCC#Cc1cccc2c(C(=O)O)cccc12. The summed E-state index contributed by atoms with van der Waals surface area (Å²) >= 11 is 0. The number of alkyl carbamates (subject to hydrolysis) is 1. The molecule has 0 aromatic heterocycles. The Morgan fingerprint density at radius 1 is 1.12 bits per heavy atom. The highest BCUT2D eigenvalue weighted by Crippen LogP contribution is 2.22. The molecule has 0 aliphatic heterocycles. The lowest BCUT2D eigenvalue weighted by Crippen LogP contribution is -2.32. The van der Waals surface area contributed by atoms with Crippen molar-refractivity contribution in [1.82, 2.24) is 5.32 Å². The molecule has 0 saturated carbocycles. The summed E-state index contributed by atoms with van der Waals surface area (Å²) in [6.45, 7) is 5.50. The largest absolute Gasteiger partial charge is 0.478 e. The van der Waals surface area contributed by atoms with Gasteiger partial charge in [0.25, 0.3) is 0 Å². The van der Waals surface area contributed by atoms with Crippen LogP contribution in [0.5, 0.6) is 0 Å². The first-order valence-electron chi connectivity index (χ1n) is 7.49. The van der Waals surface area contributed by atoms with Crippen molar-refractivity contribution in [3.63, 3.8) is 0 Å². The van der Waals surface area contributed by atoms with Gasteiger partial charge in [-0.15, -0.1) is 0 Å². The number of amides is 1. The molecule has 0 spiro atoms. The second kappa shape index (κ2) is 7.05. The van der Waals surface area contributed by atoms with E-state index in [1.165, 1.54) is 0 Å². The minimum absolute atomic E-state index is 0.143. The maximum atomic E-state index is 11.5. The zero-order chi connectivity index (χ0) is 17.7. The molecule has 0 heterocycles. The molecule has 5 heteroatoms. The molecule has 0 unspecified atom stereocenters. The number of hydrogen-bond donors (Lipinski definition) is 2. The average Bonchev–Trinajstić information content (AvgIpc) is 2.49. The molecule has 24 heavy (non-hydrogen) atoms. The summed E-state index contributed by atoms with van der Waals surface area (Å²) in [5.74, 6) is 4.83. The van der Waals surface area contributed by atoms with E-state index in [0.717, 1.165) is 5.39 Å². The van der Waals surface area contributed by atoms with Crippen LogP contribution in [0.3, 0.4) is 0 Å². The molecule has 0 saturated heterocycles. The maximum Gasteiger partial charge on any atom is 0.408 e. The zero-order valence-electron chi connectivity index (χ0n) is 13.8. The first kappa shape index (κ1) is 17.4. The number of hydrogen-bond acceptors (Lipinski definition) is 3. The number of fused-ring (bicyclic) bond motifs is 1. The van der Waals surface area contributed by atoms with E-state index < -0.39 is 17.7 Å². The van der Waals surface area contributed by atoms with Gasteiger partial charge in [-0.1, -0.05) is 36.1 Å². The van der Waals surface area contributed by atoms with E-state index in [1.54, 1.807) is 45.0 Å². The number of nitrogens with one attached hydrogen (secondary N) is 1. The second-order valence-electron chi connectivity index (χ2n) is 6.17. The van der Waals surface area contributed by atoms with Crippen molar-refractivity contribution < 1.29 is 19.4 Å². The molecule has 0 atom stereocenters. The molecule has 1 amide bonds. The monoisotopic (exact) mass is 325 g/mol. The fraction of sp³-hybridized carbons (Fsp3) is 0.263. The summed E-state index contributed by atoms with van der Waals surface area (Å²) in [4.78, 5) is 22.8. The molecule has 0 aliphatic rings. The summed E-state index contributed by atoms with van der Waals surface area (Å²) in [5.41, 5.74) is 0.394. The van der Waals surface area contributed by atoms with Crippen molar-refractivity contribution in [3.8, 4) is 11.8 Å². The van der Waals surface area contributed by atoms with Gasteiger partial charge in [-0.3, -0.25) is 0 Å². The number of carbonyl (C=O) groups excluding carboxylic acids is 1. The van der Waals surface area contributed by atoms with E-state index in [1.807, 2.05) is 12.1 Å². The van der Waals surface area contributed by atoms with Crippen LogP contribution in [0.4, 0.5) is 4.79 Å². The Bertz CT molecular complexity index is 838. The molecular weight excluding hydrogens is 306 g/mol. The van der Waals surface area contributed by atoms with Crippen LogP contribution in [0.25, 0.3) is 10.8 Å². The Kier molecular flexibility index (Phi) is 5.10. The van der Waals surface area contributed by atoms with Crippen LogP contribution in [0, 0.1) is 11.8 Å². The van der Waals surface area contributed by atoms with E-state index in [-0.39, 0.29) is 12.1 Å². The van der Waals surface area contributed by atoms with E-state index in [0.29, 0.717) is 10.9 Å². The number of ether oxygens (including phenoxy) is 1. The first-order chi connectivity index (χ1) is 11.3. The summed E-state index contributed by atoms with van der Waals surface area (Å²) in [6.07, 6.45) is -0.525. The smallest absolute Gasteiger partial charge is 0.408 e. The van der Waals surface area contributed by atoms with E-state index in [4.69, 9.17) is 4.74 Å². The minimum Gasteiger partial charge on any atom is -0.478 e. The highest BCUT2D eigenvalue weighted by atomic mass is 16.6. The van der Waals surface area contributed by atoms with Crippen LogP contribution in [0.15, 0.2) is 36.4 Å². The minimum atomic E-state index is -0.975. The van der Waals surface area contributed by atoms with Crippen molar-refractivity contribution in [3.05, 3.63) is 47.5 Å². The first-order valence-corrected chi connectivity index (χ1v) is 7.49. The van der Waals surface area contributed by atoms with Crippen LogP contribution in [-0.4, -0.2) is 29.3 Å². The van der Waals surface area contributed by atoms with Crippen molar-refractivity contribution in [1.29, 1.82) is 0 Å². The molecule has 0 radical (unpaired) electrons. The van der Waals surface area contributed by atoms with Crippen molar-refractivity contribution in [2.45, 2.75) is 26.4 Å². The molecule has 5 nitrogen and oxygen atoms in total. The van der Waals surface area contributed by atoms with E-state index in [2.05, 4.69) is 17.2 Å². The summed E-state index contributed by atoms with van der Waals surface area (Å²) in [7, 11) is 0. The molecule has 124 valence electrons. The normalized spacial score (nSPS) is 10.6. The van der Waals surface area contributed by atoms with Gasteiger partial charge in [0.1, 0.15) is 5.60 Å². The molecule has 2 rings (SSSR count). The zero-order valence-corrected chi connectivity index (χ0v) is 13.8. The maximum absolute atomic E-state index is 11.5. The number of benzene rings is 2. The van der Waals surface area contributed by atoms with Crippen molar-refractivity contribution in [2.24, 2.45) is 0 Å². The lowest BCUT2D eigenvalue weighted by Gasteiger charge is -2.19. The van der Waals surface area contributed by atoms with Crippen LogP contribution < -0.4 is 5.32 Å². The lowest BCUT2D eigenvalue weighted by molar-refractivity contribution is 0.0534. The van der Waals surface area contributed by atoms with Crippen LogP contribution in [0.2, 0.25) is 0 Å². The van der Waals surface area contributed by atoms with Gasteiger partial charge in [0.15, 0.2) is 0 Å². The van der Waals surface area contributed by atoms with Gasteiger partial charge in [0.05, 0.1) is 12.1 Å². The average molecular weight is 325 g/mol. The van der Waals surface area contributed by atoms with Crippen molar-refractivity contribution in [2.75, 3.05) is 6.54 Å². The molecule has 2 aromatic carbocycles. The Labute approximate surface area is 140 Å². The standard InChI is InChI=1S/C19H19NO4/c1-19(2,3)24-18(23)20-12-6-8-13-7-4-10-15-14(13)9-5-11-16(15)17(21)22/h4-5,7,9-11H,12H2,1-3H3,(H,20,23)(H,21,22). The van der Waals surface area contributed by atoms with E-state index in [9.17, 15) is 14.7 Å². The van der Waals surface area contributed by atoms with Gasteiger partial charge in [-0.05, 0) is 43.7 Å². The van der Waals surface area contributed by atoms with Crippen molar-refractivity contribution >= 4 is 22.8 Å². The van der Waals surface area contributed by atoms with Gasteiger partial charge in [0, 0.05) is 5.56 Å². The molecular formula is C19H19NO4. The summed E-state index contributed by atoms with van der Waals surface area (Å²) in [6, 6.07) is 10.4. The Hall–Kier alpha value is -3.00. The third-order valence-electron chi connectivity index (χ3n) is 3.10. The second-order valence-corrected chi connectivity index (χ2v) is 6.17. The molecule has 0 aliphatic carbocycles. The lowest BCUT2D eigenvalue weighted by atomic mass is 10.0. The quantitative estimate of drug-likeness (QED) is 0.830. The Morgan fingerprint density at radius 2 is 1.79 bits per heavy atom. The third-order valence-corrected chi connectivity index (χ3v) is 3.10. The Balaban J connectivity index is 2.16. The Morgan fingerprint density at radius 3 is 2.46 bits per heavy atom. The molecule has 2 N–H and O–H groups in total. The predicted molar refractivity (Wildman–Crippen MR) is 92.0 cm³/mol. The fourth-order valence-corrected chi connectivity index (χ4v) is 2.18. The molecule has 0 fully saturated rings. The summed E-state index contributed by atoms with van der Waals surface area (Å²) in [5, 5.41) is 13.2. The van der Waals surface area contributed by atoms with E-state index >= 15 is 0 Å². The summed E-state index contributed by atoms with van der Waals surface area (Å²) < 4.78 is 5.12. The van der Waals surface area contributed by atoms with Gasteiger partial charge in [-0.25, -0.2) is 9.59 Å². The topological polar surface area (TPSA) is 75.6 Å². The highest BCUT2D eigenvalue weighted by molar-refractivity contribution is 6.05.